The Balaban J connectivity index is 1.92. The van der Waals surface area contributed by atoms with Gasteiger partial charge in [0.2, 0.25) is 0 Å². The molecule has 2 nitrogen and oxygen atoms in total. The van der Waals surface area contributed by atoms with E-state index in [0.717, 1.165) is 13.1 Å². The zero-order valence-electron chi connectivity index (χ0n) is 13.8. The van der Waals surface area contributed by atoms with Crippen LogP contribution in [0.5, 0.6) is 0 Å². The molecule has 20 heavy (non-hydrogen) atoms. The summed E-state index contributed by atoms with van der Waals surface area (Å²) in [4.78, 5) is 2.61. The third-order valence-corrected chi connectivity index (χ3v) is 4.29. The zero-order valence-corrected chi connectivity index (χ0v) is 13.8. The van der Waals surface area contributed by atoms with Crippen molar-refractivity contribution in [1.29, 1.82) is 0 Å². The van der Waals surface area contributed by atoms with Gasteiger partial charge >= 0.3 is 0 Å². The minimum absolute atomic E-state index is 0.179. The zero-order chi connectivity index (χ0) is 14.8. The molecular weight excluding hydrogens is 244 g/mol. The quantitative estimate of drug-likeness (QED) is 0.894. The van der Waals surface area contributed by atoms with E-state index in [0.29, 0.717) is 5.54 Å². The second-order valence-electron chi connectivity index (χ2n) is 7.76. The standard InChI is InChI=1S/C18H30N2/c1-17(2,3)19-13-15-7-9-16(10-8-15)14-20-12-6-11-18(20,4)5/h7-10,19H,6,11-14H2,1-5H3. The highest BCUT2D eigenvalue weighted by molar-refractivity contribution is 5.23. The number of hydrogen-bond acceptors (Lipinski definition) is 2. The van der Waals surface area contributed by atoms with Crippen LogP contribution in [0.4, 0.5) is 0 Å². The van der Waals surface area contributed by atoms with Crippen molar-refractivity contribution in [3.63, 3.8) is 0 Å². The third-order valence-electron chi connectivity index (χ3n) is 4.29. The molecule has 0 saturated carbocycles. The molecular formula is C18H30N2. The molecule has 1 aromatic carbocycles. The van der Waals surface area contributed by atoms with Crippen LogP contribution in [-0.4, -0.2) is 22.5 Å². The van der Waals surface area contributed by atoms with Gasteiger partial charge in [-0.15, -0.1) is 0 Å². The molecule has 0 atom stereocenters. The molecule has 0 amide bonds. The van der Waals surface area contributed by atoms with Crippen molar-refractivity contribution >= 4 is 0 Å². The number of benzene rings is 1. The molecule has 0 radical (unpaired) electrons. The van der Waals surface area contributed by atoms with Crippen LogP contribution in [0.25, 0.3) is 0 Å². The van der Waals surface area contributed by atoms with Gasteiger partial charge in [-0.05, 0) is 65.1 Å². The first kappa shape index (κ1) is 15.5. The second kappa shape index (κ2) is 5.87. The Bertz CT molecular complexity index is 426. The van der Waals surface area contributed by atoms with Crippen LogP contribution in [0.3, 0.4) is 0 Å². The smallest absolute Gasteiger partial charge is 0.0239 e. The molecule has 0 spiro atoms. The monoisotopic (exact) mass is 274 g/mol. The van der Waals surface area contributed by atoms with E-state index in [2.05, 4.69) is 69.1 Å². The Morgan fingerprint density at radius 1 is 1.10 bits per heavy atom. The molecule has 1 saturated heterocycles. The summed E-state index contributed by atoms with van der Waals surface area (Å²) in [6.07, 6.45) is 2.65. The molecule has 1 heterocycles. The van der Waals surface area contributed by atoms with E-state index in [9.17, 15) is 0 Å². The van der Waals surface area contributed by atoms with Crippen molar-refractivity contribution in [2.24, 2.45) is 0 Å². The number of rotatable bonds is 4. The van der Waals surface area contributed by atoms with E-state index in [4.69, 9.17) is 0 Å². The maximum atomic E-state index is 3.53. The topological polar surface area (TPSA) is 15.3 Å². The van der Waals surface area contributed by atoms with Crippen LogP contribution in [0.2, 0.25) is 0 Å². The lowest BCUT2D eigenvalue weighted by Crippen LogP contribution is -2.37. The Kier molecular flexibility index (Phi) is 4.55. The molecule has 0 unspecified atom stereocenters. The number of hydrogen-bond donors (Lipinski definition) is 1. The highest BCUT2D eigenvalue weighted by atomic mass is 15.2. The highest BCUT2D eigenvalue weighted by Crippen LogP contribution is 2.29. The predicted octanol–water partition coefficient (Wildman–Crippen LogP) is 3.95. The van der Waals surface area contributed by atoms with Gasteiger partial charge in [0.25, 0.3) is 0 Å². The normalized spacial score (nSPS) is 19.4. The third kappa shape index (κ3) is 4.32. The lowest BCUT2D eigenvalue weighted by Gasteiger charge is -2.31. The fourth-order valence-electron chi connectivity index (χ4n) is 2.81. The van der Waals surface area contributed by atoms with Gasteiger partial charge in [0.15, 0.2) is 0 Å². The number of nitrogens with one attached hydrogen (secondary N) is 1. The Morgan fingerprint density at radius 2 is 1.70 bits per heavy atom. The first-order chi connectivity index (χ1) is 9.26. The SMILES string of the molecule is CC(C)(C)NCc1ccc(CN2CCCC2(C)C)cc1. The summed E-state index contributed by atoms with van der Waals surface area (Å²) in [7, 11) is 0. The molecule has 1 N–H and O–H groups in total. The van der Waals surface area contributed by atoms with E-state index in [-0.39, 0.29) is 5.54 Å². The van der Waals surface area contributed by atoms with Crippen LogP contribution in [0, 0.1) is 0 Å². The van der Waals surface area contributed by atoms with Crippen molar-refractivity contribution < 1.29 is 0 Å². The fourth-order valence-corrected chi connectivity index (χ4v) is 2.81. The first-order valence-electron chi connectivity index (χ1n) is 7.84. The number of likely N-dealkylation sites (tertiary alicyclic amines) is 1. The van der Waals surface area contributed by atoms with Crippen LogP contribution in [0.15, 0.2) is 24.3 Å². The van der Waals surface area contributed by atoms with E-state index >= 15 is 0 Å². The molecule has 0 aliphatic carbocycles. The summed E-state index contributed by atoms with van der Waals surface area (Å²) in [5.41, 5.74) is 3.34. The molecule has 1 aliphatic heterocycles. The van der Waals surface area contributed by atoms with Crippen LogP contribution in [0.1, 0.15) is 58.6 Å². The highest BCUT2D eigenvalue weighted by Gasteiger charge is 2.31. The molecule has 1 aliphatic rings. The largest absolute Gasteiger partial charge is 0.308 e. The summed E-state index contributed by atoms with van der Waals surface area (Å²) < 4.78 is 0. The molecule has 2 rings (SSSR count). The van der Waals surface area contributed by atoms with Gasteiger partial charge in [-0.3, -0.25) is 4.90 Å². The van der Waals surface area contributed by atoms with Gasteiger partial charge < -0.3 is 5.32 Å². The van der Waals surface area contributed by atoms with Crippen molar-refractivity contribution in [2.45, 2.75) is 71.6 Å². The average molecular weight is 274 g/mol. The summed E-state index contributed by atoms with van der Waals surface area (Å²) in [6.45, 7) is 14.6. The second-order valence-corrected chi connectivity index (χ2v) is 7.76. The summed E-state index contributed by atoms with van der Waals surface area (Å²) >= 11 is 0. The lowest BCUT2D eigenvalue weighted by molar-refractivity contribution is 0.166. The molecule has 2 heteroatoms. The van der Waals surface area contributed by atoms with Crippen LogP contribution in [-0.2, 0) is 13.1 Å². The van der Waals surface area contributed by atoms with Crippen molar-refractivity contribution in [3.05, 3.63) is 35.4 Å². The van der Waals surface area contributed by atoms with Crippen LogP contribution >= 0.6 is 0 Å². The van der Waals surface area contributed by atoms with Gasteiger partial charge in [0.1, 0.15) is 0 Å². The van der Waals surface area contributed by atoms with Gasteiger partial charge in [-0.25, -0.2) is 0 Å². The van der Waals surface area contributed by atoms with E-state index in [1.807, 2.05) is 0 Å². The van der Waals surface area contributed by atoms with Gasteiger partial charge in [-0.2, -0.15) is 0 Å². The van der Waals surface area contributed by atoms with Gasteiger partial charge in [0, 0.05) is 24.2 Å². The summed E-state index contributed by atoms with van der Waals surface area (Å²) in [6, 6.07) is 9.09. The Morgan fingerprint density at radius 3 is 2.20 bits per heavy atom. The Hall–Kier alpha value is -0.860. The minimum Gasteiger partial charge on any atom is -0.308 e. The first-order valence-corrected chi connectivity index (χ1v) is 7.84. The molecule has 1 fully saturated rings. The number of nitrogens with zero attached hydrogens (tertiary/aromatic N) is 1. The summed E-state index contributed by atoms with van der Waals surface area (Å²) in [5, 5.41) is 3.53. The van der Waals surface area contributed by atoms with Crippen molar-refractivity contribution in [1.82, 2.24) is 10.2 Å². The maximum absolute atomic E-state index is 3.53. The molecule has 112 valence electrons. The summed E-state index contributed by atoms with van der Waals surface area (Å²) in [5.74, 6) is 0. The lowest BCUT2D eigenvalue weighted by atomic mass is 10.0. The van der Waals surface area contributed by atoms with Crippen molar-refractivity contribution in [2.75, 3.05) is 6.54 Å². The van der Waals surface area contributed by atoms with Crippen molar-refractivity contribution in [3.8, 4) is 0 Å². The van der Waals surface area contributed by atoms with Crippen LogP contribution < -0.4 is 5.32 Å². The van der Waals surface area contributed by atoms with E-state index < -0.39 is 0 Å². The molecule has 0 aromatic heterocycles. The van der Waals surface area contributed by atoms with E-state index in [1.54, 1.807) is 0 Å². The van der Waals surface area contributed by atoms with Gasteiger partial charge in [-0.1, -0.05) is 24.3 Å². The van der Waals surface area contributed by atoms with E-state index in [1.165, 1.54) is 30.5 Å². The minimum atomic E-state index is 0.179. The van der Waals surface area contributed by atoms with Gasteiger partial charge in [0.05, 0.1) is 0 Å². The Labute approximate surface area is 124 Å². The molecule has 1 aromatic rings. The average Bonchev–Trinajstić information content (AvgIpc) is 2.67. The predicted molar refractivity (Wildman–Crippen MR) is 86.8 cm³/mol. The fraction of sp³-hybridized carbons (Fsp3) is 0.667. The maximum Gasteiger partial charge on any atom is 0.0239 e. The molecule has 0 bridgehead atoms.